The summed E-state index contributed by atoms with van der Waals surface area (Å²) in [5.41, 5.74) is 1.06. The fourth-order valence-electron chi connectivity index (χ4n) is 3.50. The van der Waals surface area contributed by atoms with Gasteiger partial charge in [0.25, 0.3) is 5.91 Å². The molecule has 8 nitrogen and oxygen atoms in total. The molecule has 3 rings (SSSR count). The van der Waals surface area contributed by atoms with Crippen molar-refractivity contribution in [2.24, 2.45) is 5.92 Å². The van der Waals surface area contributed by atoms with E-state index in [0.29, 0.717) is 43.2 Å². The van der Waals surface area contributed by atoms with E-state index < -0.39 is 0 Å². The number of anilines is 1. The Hall–Kier alpha value is -2.45. The first-order valence-corrected chi connectivity index (χ1v) is 11.3. The molecule has 0 aromatic heterocycles. The molecule has 0 spiro atoms. The van der Waals surface area contributed by atoms with Crippen LogP contribution in [0.2, 0.25) is 0 Å². The topological polar surface area (TPSA) is 93.8 Å². The number of benzene rings is 1. The van der Waals surface area contributed by atoms with Gasteiger partial charge in [0, 0.05) is 51.7 Å². The molecule has 1 aromatic rings. The van der Waals surface area contributed by atoms with Crippen LogP contribution in [0.25, 0.3) is 0 Å². The summed E-state index contributed by atoms with van der Waals surface area (Å²) >= 11 is 0. The average molecular weight is 430 g/mol. The first-order valence-electron chi connectivity index (χ1n) is 11.3. The maximum absolute atomic E-state index is 12.5. The first kappa shape index (κ1) is 23.2. The SMILES string of the molecule is CC(C)CNC(=O)CN1CCN(CCC(=O)Nc2ccccc2C(=O)NC2CC2)CC1. The van der Waals surface area contributed by atoms with E-state index in [-0.39, 0.29) is 23.8 Å². The molecule has 2 aliphatic rings. The van der Waals surface area contributed by atoms with Crippen LogP contribution in [0.5, 0.6) is 0 Å². The number of piperazine rings is 1. The standard InChI is InChI=1S/C23H35N5O3/c1-17(2)15-24-22(30)16-28-13-11-27(12-14-28)10-9-21(29)26-20-6-4-3-5-19(20)23(31)25-18-7-8-18/h3-6,17-18H,7-16H2,1-2H3,(H,24,30)(H,25,31)(H,26,29). The van der Waals surface area contributed by atoms with Gasteiger partial charge in [0.05, 0.1) is 17.8 Å². The van der Waals surface area contributed by atoms with Crippen LogP contribution in [0.4, 0.5) is 5.69 Å². The van der Waals surface area contributed by atoms with Gasteiger partial charge in [-0.3, -0.25) is 19.3 Å². The minimum atomic E-state index is -0.132. The van der Waals surface area contributed by atoms with E-state index in [1.165, 1.54) is 0 Å². The minimum absolute atomic E-state index is 0.0749. The van der Waals surface area contributed by atoms with Gasteiger partial charge in [0.2, 0.25) is 11.8 Å². The summed E-state index contributed by atoms with van der Waals surface area (Å²) in [5.74, 6) is 0.298. The van der Waals surface area contributed by atoms with Crippen molar-refractivity contribution < 1.29 is 14.4 Å². The molecular formula is C23H35N5O3. The molecule has 170 valence electrons. The van der Waals surface area contributed by atoms with E-state index in [9.17, 15) is 14.4 Å². The Kier molecular flexibility index (Phi) is 8.43. The van der Waals surface area contributed by atoms with E-state index in [1.807, 2.05) is 6.07 Å². The van der Waals surface area contributed by atoms with Gasteiger partial charge >= 0.3 is 0 Å². The van der Waals surface area contributed by atoms with Crippen molar-refractivity contribution in [3.05, 3.63) is 29.8 Å². The smallest absolute Gasteiger partial charge is 0.253 e. The fraction of sp³-hybridized carbons (Fsp3) is 0.609. The molecule has 0 bridgehead atoms. The first-order chi connectivity index (χ1) is 14.9. The number of carbonyl (C=O) groups excluding carboxylic acids is 3. The van der Waals surface area contributed by atoms with Gasteiger partial charge in [-0.25, -0.2) is 0 Å². The minimum Gasteiger partial charge on any atom is -0.355 e. The number of amides is 3. The predicted octanol–water partition coefficient (Wildman–Crippen LogP) is 1.30. The highest BCUT2D eigenvalue weighted by atomic mass is 16.2. The number of para-hydroxylation sites is 1. The number of nitrogens with zero attached hydrogens (tertiary/aromatic N) is 2. The molecule has 0 radical (unpaired) electrons. The number of rotatable bonds is 10. The van der Waals surface area contributed by atoms with Gasteiger partial charge in [-0.05, 0) is 30.9 Å². The van der Waals surface area contributed by atoms with E-state index in [0.717, 1.165) is 39.0 Å². The highest BCUT2D eigenvalue weighted by Crippen LogP contribution is 2.21. The van der Waals surface area contributed by atoms with Crippen LogP contribution in [0.1, 0.15) is 43.5 Å². The third-order valence-corrected chi connectivity index (χ3v) is 5.55. The zero-order valence-electron chi connectivity index (χ0n) is 18.7. The van der Waals surface area contributed by atoms with Gasteiger partial charge in [-0.1, -0.05) is 26.0 Å². The lowest BCUT2D eigenvalue weighted by molar-refractivity contribution is -0.122. The molecule has 1 saturated heterocycles. The number of hydrogen-bond acceptors (Lipinski definition) is 5. The summed E-state index contributed by atoms with van der Waals surface area (Å²) in [4.78, 5) is 41.2. The number of carbonyl (C=O) groups is 3. The predicted molar refractivity (Wildman–Crippen MR) is 121 cm³/mol. The second-order valence-corrected chi connectivity index (χ2v) is 8.91. The molecule has 0 unspecified atom stereocenters. The lowest BCUT2D eigenvalue weighted by Crippen LogP contribution is -2.50. The molecule has 0 atom stereocenters. The quantitative estimate of drug-likeness (QED) is 0.521. The fourth-order valence-corrected chi connectivity index (χ4v) is 3.50. The Morgan fingerprint density at radius 2 is 1.68 bits per heavy atom. The molecule has 1 aliphatic carbocycles. The second-order valence-electron chi connectivity index (χ2n) is 8.91. The molecule has 1 aliphatic heterocycles. The zero-order chi connectivity index (χ0) is 22.2. The molecule has 1 heterocycles. The third-order valence-electron chi connectivity index (χ3n) is 5.55. The second kappa shape index (κ2) is 11.2. The number of nitrogens with one attached hydrogen (secondary N) is 3. The van der Waals surface area contributed by atoms with Crippen LogP contribution in [-0.2, 0) is 9.59 Å². The van der Waals surface area contributed by atoms with E-state index in [4.69, 9.17) is 0 Å². The molecule has 1 aromatic carbocycles. The highest BCUT2D eigenvalue weighted by molar-refractivity contribution is 6.03. The van der Waals surface area contributed by atoms with Crippen LogP contribution < -0.4 is 16.0 Å². The summed E-state index contributed by atoms with van der Waals surface area (Å²) in [7, 11) is 0. The van der Waals surface area contributed by atoms with Crippen molar-refractivity contribution in [2.45, 2.75) is 39.2 Å². The molecule has 8 heteroatoms. The Morgan fingerprint density at radius 3 is 2.35 bits per heavy atom. The Bertz CT molecular complexity index is 770. The summed E-state index contributed by atoms with van der Waals surface area (Å²) in [6.07, 6.45) is 2.42. The van der Waals surface area contributed by atoms with Gasteiger partial charge in [-0.15, -0.1) is 0 Å². The number of hydrogen-bond donors (Lipinski definition) is 3. The van der Waals surface area contributed by atoms with Gasteiger partial charge in [0.1, 0.15) is 0 Å². The van der Waals surface area contributed by atoms with Crippen molar-refractivity contribution in [1.29, 1.82) is 0 Å². The van der Waals surface area contributed by atoms with Gasteiger partial charge in [0.15, 0.2) is 0 Å². The maximum Gasteiger partial charge on any atom is 0.253 e. The molecule has 3 N–H and O–H groups in total. The van der Waals surface area contributed by atoms with E-state index >= 15 is 0 Å². The largest absolute Gasteiger partial charge is 0.355 e. The molecule has 1 saturated carbocycles. The summed E-state index contributed by atoms with van der Waals surface area (Å²) < 4.78 is 0. The lowest BCUT2D eigenvalue weighted by atomic mass is 10.1. The Balaban J connectivity index is 1.37. The lowest BCUT2D eigenvalue weighted by Gasteiger charge is -2.34. The van der Waals surface area contributed by atoms with E-state index in [2.05, 4.69) is 39.6 Å². The average Bonchev–Trinajstić information content (AvgIpc) is 3.56. The molecule has 2 fully saturated rings. The Labute approximate surface area is 184 Å². The molecule has 3 amide bonds. The van der Waals surface area contributed by atoms with Crippen LogP contribution in [0, 0.1) is 5.92 Å². The van der Waals surface area contributed by atoms with Crippen LogP contribution >= 0.6 is 0 Å². The van der Waals surface area contributed by atoms with Gasteiger partial charge < -0.3 is 20.9 Å². The molecular weight excluding hydrogens is 394 g/mol. The molecule has 31 heavy (non-hydrogen) atoms. The summed E-state index contributed by atoms with van der Waals surface area (Å²) in [5, 5.41) is 8.81. The summed E-state index contributed by atoms with van der Waals surface area (Å²) in [6, 6.07) is 7.41. The van der Waals surface area contributed by atoms with Gasteiger partial charge in [-0.2, -0.15) is 0 Å². The van der Waals surface area contributed by atoms with Crippen molar-refractivity contribution in [2.75, 3.05) is 51.1 Å². The Morgan fingerprint density at radius 1 is 1.00 bits per heavy atom. The summed E-state index contributed by atoms with van der Waals surface area (Å²) in [6.45, 7) is 9.28. The van der Waals surface area contributed by atoms with Crippen molar-refractivity contribution in [1.82, 2.24) is 20.4 Å². The van der Waals surface area contributed by atoms with Crippen molar-refractivity contribution in [3.63, 3.8) is 0 Å². The van der Waals surface area contributed by atoms with Crippen LogP contribution in [0.15, 0.2) is 24.3 Å². The zero-order valence-corrected chi connectivity index (χ0v) is 18.7. The highest BCUT2D eigenvalue weighted by Gasteiger charge is 2.25. The monoisotopic (exact) mass is 429 g/mol. The normalized spacial score (nSPS) is 17.4. The maximum atomic E-state index is 12.5. The van der Waals surface area contributed by atoms with Crippen LogP contribution in [0.3, 0.4) is 0 Å². The van der Waals surface area contributed by atoms with E-state index in [1.54, 1.807) is 18.2 Å². The van der Waals surface area contributed by atoms with Crippen molar-refractivity contribution in [3.8, 4) is 0 Å². The third kappa shape index (κ3) is 7.95. The van der Waals surface area contributed by atoms with Crippen LogP contribution in [-0.4, -0.2) is 79.4 Å². The van der Waals surface area contributed by atoms with Crippen molar-refractivity contribution >= 4 is 23.4 Å².